The molecule has 3 aromatic rings. The maximum atomic E-state index is 12.7. The quantitative estimate of drug-likeness (QED) is 0.211. The molecule has 0 saturated carbocycles. The highest BCUT2D eigenvalue weighted by Gasteiger charge is 2.34. The molecule has 0 unspecified atom stereocenters. The molecule has 0 saturated heterocycles. The Labute approximate surface area is 203 Å². The predicted molar refractivity (Wildman–Crippen MR) is 133 cm³/mol. The topological polar surface area (TPSA) is 53.2 Å². The molecule has 0 radical (unpaired) electrons. The maximum Gasteiger partial charge on any atom is 0.228 e. The number of hydrogen-bond donors (Lipinski definition) is 3. The Hall–Kier alpha value is -1.57. The van der Waals surface area contributed by atoms with E-state index in [-0.39, 0.29) is 17.4 Å². The molecule has 9 heteroatoms. The van der Waals surface area contributed by atoms with Gasteiger partial charge in [-0.25, -0.2) is 0 Å². The molecule has 0 bridgehead atoms. The first kappa shape index (κ1) is 23.1. The fourth-order valence-electron chi connectivity index (χ4n) is 2.86. The molecule has 0 fully saturated rings. The van der Waals surface area contributed by atoms with E-state index in [9.17, 15) is 4.79 Å². The van der Waals surface area contributed by atoms with E-state index in [0.717, 1.165) is 26.5 Å². The summed E-state index contributed by atoms with van der Waals surface area (Å²) >= 11 is 26.9. The number of anilines is 1. The first-order chi connectivity index (χ1) is 14.2. The average molecular weight is 546 g/mol. The van der Waals surface area contributed by atoms with Crippen molar-refractivity contribution in [2.45, 2.75) is 16.4 Å². The zero-order chi connectivity index (χ0) is 21.7. The number of alkyl halides is 3. The van der Waals surface area contributed by atoms with Crippen molar-refractivity contribution >= 4 is 90.4 Å². The van der Waals surface area contributed by atoms with Crippen LogP contribution >= 0.6 is 63.0 Å². The normalized spacial score (nSPS) is 12.3. The third-order valence-electron chi connectivity index (χ3n) is 4.24. The van der Waals surface area contributed by atoms with Gasteiger partial charge in [-0.2, -0.15) is 0 Å². The fraction of sp³-hybridized carbons (Fsp3) is 0.143. The van der Waals surface area contributed by atoms with Crippen LogP contribution in [-0.4, -0.2) is 21.0 Å². The minimum atomic E-state index is -1.82. The molecule has 3 aromatic carbocycles. The summed E-state index contributed by atoms with van der Waals surface area (Å²) in [7, 11) is 0. The van der Waals surface area contributed by atoms with Crippen LogP contribution in [0.5, 0.6) is 0 Å². The van der Waals surface area contributed by atoms with Crippen molar-refractivity contribution in [2.75, 3.05) is 5.32 Å². The number of fused-ring (bicyclic) bond motifs is 1. The Morgan fingerprint density at radius 1 is 0.967 bits per heavy atom. The molecule has 1 amide bonds. The maximum absolute atomic E-state index is 12.7. The summed E-state index contributed by atoms with van der Waals surface area (Å²) in [5.74, 6) is -0.304. The van der Waals surface area contributed by atoms with Gasteiger partial charge in [0, 0.05) is 10.2 Å². The van der Waals surface area contributed by atoms with Gasteiger partial charge in [0.2, 0.25) is 9.70 Å². The third kappa shape index (κ3) is 6.46. The summed E-state index contributed by atoms with van der Waals surface area (Å²) in [6.45, 7) is 0. The average Bonchev–Trinajstić information content (AvgIpc) is 2.69. The minimum Gasteiger partial charge on any atom is -0.339 e. The van der Waals surface area contributed by atoms with Crippen LogP contribution in [0.15, 0.2) is 71.2 Å². The van der Waals surface area contributed by atoms with Crippen molar-refractivity contribution < 1.29 is 4.79 Å². The standard InChI is InChI=1S/C21H17BrCl3N3OS/c22-15-8-10-16(11-9-15)26-20(30)28-19(21(23,24)25)27-18(29)12-14-6-3-5-13-4-1-2-7-17(13)14/h1-11,19H,12H2,(H,27,29)(H2,26,28,30)/t19-/m0/s1. The molecule has 3 N–H and O–H groups in total. The third-order valence-corrected chi connectivity index (χ3v) is 5.64. The summed E-state index contributed by atoms with van der Waals surface area (Å²) in [6, 6.07) is 21.1. The van der Waals surface area contributed by atoms with Gasteiger partial charge in [0.25, 0.3) is 0 Å². The van der Waals surface area contributed by atoms with Crippen molar-refractivity contribution in [3.8, 4) is 0 Å². The van der Waals surface area contributed by atoms with Gasteiger partial charge in [-0.1, -0.05) is 93.2 Å². The lowest BCUT2D eigenvalue weighted by atomic mass is 10.0. The number of halogens is 4. The number of amides is 1. The summed E-state index contributed by atoms with van der Waals surface area (Å²) in [4.78, 5) is 12.7. The molecular weight excluding hydrogens is 529 g/mol. The molecule has 0 spiro atoms. The number of nitrogens with one attached hydrogen (secondary N) is 3. The van der Waals surface area contributed by atoms with Crippen LogP contribution < -0.4 is 16.0 Å². The zero-order valence-corrected chi connectivity index (χ0v) is 20.1. The molecule has 0 aromatic heterocycles. The zero-order valence-electron chi connectivity index (χ0n) is 15.5. The second-order valence-corrected chi connectivity index (χ2v) is 10.2. The summed E-state index contributed by atoms with van der Waals surface area (Å²) in [5.41, 5.74) is 1.63. The lowest BCUT2D eigenvalue weighted by Crippen LogP contribution is -2.56. The van der Waals surface area contributed by atoms with Crippen LogP contribution in [0, 0.1) is 0 Å². The Balaban J connectivity index is 1.67. The number of carbonyl (C=O) groups excluding carboxylic acids is 1. The van der Waals surface area contributed by atoms with Gasteiger partial charge in [-0.15, -0.1) is 0 Å². The van der Waals surface area contributed by atoms with Crippen molar-refractivity contribution in [1.82, 2.24) is 10.6 Å². The van der Waals surface area contributed by atoms with Gasteiger partial charge in [0.1, 0.15) is 6.17 Å². The van der Waals surface area contributed by atoms with Crippen LogP contribution in [0.4, 0.5) is 5.69 Å². The van der Waals surface area contributed by atoms with Gasteiger partial charge < -0.3 is 16.0 Å². The summed E-state index contributed by atoms with van der Waals surface area (Å²) in [5, 5.41) is 10.8. The summed E-state index contributed by atoms with van der Waals surface area (Å²) in [6.07, 6.45) is -0.895. The van der Waals surface area contributed by atoms with E-state index in [4.69, 9.17) is 47.0 Å². The Morgan fingerprint density at radius 2 is 1.63 bits per heavy atom. The number of carbonyl (C=O) groups is 1. The lowest BCUT2D eigenvalue weighted by Gasteiger charge is -2.28. The second kappa shape index (κ2) is 10.2. The van der Waals surface area contributed by atoms with Gasteiger partial charge in [0.15, 0.2) is 5.11 Å². The van der Waals surface area contributed by atoms with E-state index >= 15 is 0 Å². The molecule has 3 rings (SSSR count). The van der Waals surface area contributed by atoms with Crippen LogP contribution in [0.25, 0.3) is 10.8 Å². The largest absolute Gasteiger partial charge is 0.339 e. The molecule has 30 heavy (non-hydrogen) atoms. The first-order valence-corrected chi connectivity index (χ1v) is 11.2. The molecule has 0 heterocycles. The van der Waals surface area contributed by atoms with Gasteiger partial charge in [-0.3, -0.25) is 4.79 Å². The number of hydrogen-bond acceptors (Lipinski definition) is 2. The van der Waals surface area contributed by atoms with Crippen LogP contribution in [0.2, 0.25) is 0 Å². The Bertz CT molecular complexity index is 1050. The SMILES string of the molecule is O=C(Cc1cccc2ccccc12)N[C@@H](NC(=S)Nc1ccc(Br)cc1)C(Cl)(Cl)Cl. The van der Waals surface area contributed by atoms with Crippen molar-refractivity contribution in [3.05, 3.63) is 76.8 Å². The van der Waals surface area contributed by atoms with Crippen molar-refractivity contribution in [3.63, 3.8) is 0 Å². The highest BCUT2D eigenvalue weighted by Crippen LogP contribution is 2.29. The van der Waals surface area contributed by atoms with E-state index in [2.05, 4.69) is 31.9 Å². The molecule has 4 nitrogen and oxygen atoms in total. The van der Waals surface area contributed by atoms with E-state index in [1.54, 1.807) is 0 Å². The number of rotatable bonds is 5. The van der Waals surface area contributed by atoms with E-state index in [1.807, 2.05) is 66.7 Å². The number of thiocarbonyl (C=S) groups is 1. The van der Waals surface area contributed by atoms with Gasteiger partial charge in [-0.05, 0) is 52.8 Å². The van der Waals surface area contributed by atoms with Gasteiger partial charge >= 0.3 is 0 Å². The number of benzene rings is 3. The van der Waals surface area contributed by atoms with Crippen LogP contribution in [0.3, 0.4) is 0 Å². The first-order valence-electron chi connectivity index (χ1n) is 8.88. The molecule has 0 aliphatic heterocycles. The lowest BCUT2D eigenvalue weighted by molar-refractivity contribution is -0.121. The van der Waals surface area contributed by atoms with Crippen molar-refractivity contribution in [1.29, 1.82) is 0 Å². The molecule has 1 atom stereocenters. The highest BCUT2D eigenvalue weighted by molar-refractivity contribution is 9.10. The molecule has 156 valence electrons. The predicted octanol–water partition coefficient (Wildman–Crippen LogP) is 5.94. The summed E-state index contributed by atoms with van der Waals surface area (Å²) < 4.78 is -0.883. The smallest absolute Gasteiger partial charge is 0.228 e. The van der Waals surface area contributed by atoms with Gasteiger partial charge in [0.05, 0.1) is 6.42 Å². The molecule has 0 aliphatic carbocycles. The van der Waals surface area contributed by atoms with Crippen LogP contribution in [-0.2, 0) is 11.2 Å². The molecular formula is C21H17BrCl3N3OS. The van der Waals surface area contributed by atoms with E-state index in [1.165, 1.54) is 0 Å². The van der Waals surface area contributed by atoms with Crippen LogP contribution in [0.1, 0.15) is 5.56 Å². The van der Waals surface area contributed by atoms with E-state index < -0.39 is 9.96 Å². The highest BCUT2D eigenvalue weighted by atomic mass is 79.9. The second-order valence-electron chi connectivity index (χ2n) is 6.46. The monoisotopic (exact) mass is 543 g/mol. The van der Waals surface area contributed by atoms with E-state index in [0.29, 0.717) is 0 Å². The molecule has 0 aliphatic rings. The fourth-order valence-corrected chi connectivity index (χ4v) is 3.69. The Morgan fingerprint density at radius 3 is 2.33 bits per heavy atom. The van der Waals surface area contributed by atoms with Crippen molar-refractivity contribution in [2.24, 2.45) is 0 Å². The Kier molecular flexibility index (Phi) is 7.82. The minimum absolute atomic E-state index is 0.132.